The van der Waals surface area contributed by atoms with E-state index in [4.69, 9.17) is 0 Å². The number of anilines is 1. The molecule has 0 unspecified atom stereocenters. The van der Waals surface area contributed by atoms with Gasteiger partial charge >= 0.3 is 12.4 Å². The molecule has 0 radical (unpaired) electrons. The molecule has 1 nitrogen and oxygen atoms in total. The molecule has 2 rings (SSSR count). The minimum Gasteiger partial charge on any atom is -0.370 e. The summed E-state index contributed by atoms with van der Waals surface area (Å²) in [5, 5.41) is 0. The zero-order valence-electron chi connectivity index (χ0n) is 12.0. The first-order valence-corrected chi connectivity index (χ1v) is 6.62. The van der Waals surface area contributed by atoms with Crippen molar-refractivity contribution in [2.45, 2.75) is 18.9 Å². The second kappa shape index (κ2) is 6.14. The largest absolute Gasteiger partial charge is 0.416 e. The maximum atomic E-state index is 12.8. The Kier molecular flexibility index (Phi) is 4.58. The van der Waals surface area contributed by atoms with Crippen molar-refractivity contribution in [3.8, 4) is 0 Å². The van der Waals surface area contributed by atoms with Crippen LogP contribution in [0, 0.1) is 0 Å². The molecule has 124 valence electrons. The number of alkyl halides is 6. The van der Waals surface area contributed by atoms with Crippen molar-refractivity contribution in [1.82, 2.24) is 0 Å². The Morgan fingerprint density at radius 2 is 1.26 bits per heavy atom. The molecule has 0 aliphatic rings. The van der Waals surface area contributed by atoms with Crippen LogP contribution in [0.5, 0.6) is 0 Å². The van der Waals surface area contributed by atoms with Crippen LogP contribution in [-0.2, 0) is 18.9 Å². The lowest BCUT2D eigenvalue weighted by molar-refractivity contribution is -0.143. The summed E-state index contributed by atoms with van der Waals surface area (Å²) in [5.41, 5.74) is -2.00. The fourth-order valence-corrected chi connectivity index (χ4v) is 2.11. The van der Waals surface area contributed by atoms with Crippen LogP contribution in [-0.4, -0.2) is 7.05 Å². The van der Waals surface area contributed by atoms with Crippen molar-refractivity contribution in [3.63, 3.8) is 0 Å². The van der Waals surface area contributed by atoms with Gasteiger partial charge in [-0.05, 0) is 23.8 Å². The molecule has 0 aliphatic carbocycles. The van der Waals surface area contributed by atoms with E-state index in [2.05, 4.69) is 0 Å². The second-order valence-corrected chi connectivity index (χ2v) is 5.11. The monoisotopic (exact) mass is 333 g/mol. The maximum absolute atomic E-state index is 12.8. The van der Waals surface area contributed by atoms with Crippen LogP contribution in [0.15, 0.2) is 48.5 Å². The van der Waals surface area contributed by atoms with Crippen LogP contribution >= 0.6 is 0 Å². The maximum Gasteiger partial charge on any atom is 0.416 e. The van der Waals surface area contributed by atoms with Crippen molar-refractivity contribution in [3.05, 3.63) is 65.2 Å². The van der Waals surface area contributed by atoms with Gasteiger partial charge in [-0.15, -0.1) is 0 Å². The SMILES string of the molecule is CN(Cc1ccccc1)c1cc(C(F)(F)F)cc(C(F)(F)F)c1. The van der Waals surface area contributed by atoms with Crippen molar-refractivity contribution >= 4 is 5.69 Å². The molecule has 0 aromatic heterocycles. The lowest BCUT2D eigenvalue weighted by atomic mass is 10.1. The van der Waals surface area contributed by atoms with Crippen LogP contribution in [0.3, 0.4) is 0 Å². The summed E-state index contributed by atoms with van der Waals surface area (Å²) in [5.74, 6) is 0. The lowest BCUT2D eigenvalue weighted by Gasteiger charge is -2.22. The van der Waals surface area contributed by atoms with Crippen LogP contribution in [0.25, 0.3) is 0 Å². The summed E-state index contributed by atoms with van der Waals surface area (Å²) in [4.78, 5) is 1.35. The zero-order valence-corrected chi connectivity index (χ0v) is 12.0. The first kappa shape index (κ1) is 17.2. The Balaban J connectivity index is 2.40. The van der Waals surface area contributed by atoms with E-state index >= 15 is 0 Å². The molecule has 0 saturated carbocycles. The van der Waals surface area contributed by atoms with Crippen molar-refractivity contribution in [2.75, 3.05) is 11.9 Å². The Morgan fingerprint density at radius 1 is 0.783 bits per heavy atom. The van der Waals surface area contributed by atoms with E-state index in [0.29, 0.717) is 0 Å². The quantitative estimate of drug-likeness (QED) is 0.684. The summed E-state index contributed by atoms with van der Waals surface area (Å²) in [6.07, 6.45) is -9.69. The average Bonchev–Trinajstić information content (AvgIpc) is 2.46. The summed E-state index contributed by atoms with van der Waals surface area (Å²) < 4.78 is 77.0. The normalized spacial score (nSPS) is 12.3. The third-order valence-corrected chi connectivity index (χ3v) is 3.28. The summed E-state index contributed by atoms with van der Waals surface area (Å²) in [6.45, 7) is 0.194. The van der Waals surface area contributed by atoms with Crippen LogP contribution < -0.4 is 4.90 Å². The highest BCUT2D eigenvalue weighted by Gasteiger charge is 2.37. The van der Waals surface area contributed by atoms with E-state index in [1.54, 1.807) is 30.3 Å². The van der Waals surface area contributed by atoms with Gasteiger partial charge in [-0.1, -0.05) is 30.3 Å². The Labute approximate surface area is 129 Å². The minimum atomic E-state index is -4.84. The number of rotatable bonds is 3. The molecule has 0 bridgehead atoms. The van der Waals surface area contributed by atoms with Gasteiger partial charge in [0.15, 0.2) is 0 Å². The highest BCUT2D eigenvalue weighted by atomic mass is 19.4. The van der Waals surface area contributed by atoms with E-state index in [9.17, 15) is 26.3 Å². The van der Waals surface area contributed by atoms with Gasteiger partial charge in [-0.2, -0.15) is 26.3 Å². The molecule has 23 heavy (non-hydrogen) atoms. The third-order valence-electron chi connectivity index (χ3n) is 3.28. The van der Waals surface area contributed by atoms with Crippen LogP contribution in [0.2, 0.25) is 0 Å². The molecule has 2 aromatic rings. The predicted molar refractivity (Wildman–Crippen MR) is 75.0 cm³/mol. The third kappa shape index (κ3) is 4.40. The molecule has 0 amide bonds. The molecule has 7 heteroatoms. The molecule has 0 heterocycles. The summed E-state index contributed by atoms with van der Waals surface area (Å²) in [7, 11) is 1.45. The van der Waals surface area contributed by atoms with E-state index < -0.39 is 23.5 Å². The number of halogens is 6. The molecule has 0 spiro atoms. The van der Waals surface area contributed by atoms with Crippen LogP contribution in [0.4, 0.5) is 32.0 Å². The number of nitrogens with zero attached hydrogens (tertiary/aromatic N) is 1. The predicted octanol–water partition coefficient (Wildman–Crippen LogP) is 5.36. The first-order valence-electron chi connectivity index (χ1n) is 6.62. The number of benzene rings is 2. The van der Waals surface area contributed by atoms with Crippen molar-refractivity contribution in [2.24, 2.45) is 0 Å². The molecular weight excluding hydrogens is 320 g/mol. The molecule has 0 saturated heterocycles. The van der Waals surface area contributed by atoms with E-state index in [1.165, 1.54) is 11.9 Å². The fourth-order valence-electron chi connectivity index (χ4n) is 2.11. The van der Waals surface area contributed by atoms with Gasteiger partial charge in [-0.3, -0.25) is 0 Å². The van der Waals surface area contributed by atoms with E-state index in [1.807, 2.05) is 0 Å². The Hall–Kier alpha value is -2.18. The van der Waals surface area contributed by atoms with Gasteiger partial charge in [0.2, 0.25) is 0 Å². The molecule has 0 aliphatic heterocycles. The Bertz CT molecular complexity index is 628. The van der Waals surface area contributed by atoms with Gasteiger partial charge in [0.25, 0.3) is 0 Å². The van der Waals surface area contributed by atoms with Gasteiger partial charge in [0, 0.05) is 19.3 Å². The summed E-state index contributed by atoms with van der Waals surface area (Å²) >= 11 is 0. The minimum absolute atomic E-state index is 0.125. The molecule has 0 atom stereocenters. The fraction of sp³-hybridized carbons (Fsp3) is 0.250. The average molecular weight is 333 g/mol. The van der Waals surface area contributed by atoms with E-state index in [0.717, 1.165) is 17.7 Å². The molecule has 0 N–H and O–H groups in total. The first-order chi connectivity index (χ1) is 10.6. The summed E-state index contributed by atoms with van der Waals surface area (Å²) in [6, 6.07) is 10.3. The smallest absolute Gasteiger partial charge is 0.370 e. The second-order valence-electron chi connectivity index (χ2n) is 5.11. The highest BCUT2D eigenvalue weighted by molar-refractivity contribution is 5.52. The topological polar surface area (TPSA) is 3.24 Å². The molecular formula is C16H13F6N. The van der Waals surface area contributed by atoms with Gasteiger partial charge in [-0.25, -0.2) is 0 Å². The zero-order chi connectivity index (χ0) is 17.3. The highest BCUT2D eigenvalue weighted by Crippen LogP contribution is 2.38. The van der Waals surface area contributed by atoms with Gasteiger partial charge in [0.1, 0.15) is 0 Å². The number of hydrogen-bond donors (Lipinski definition) is 0. The van der Waals surface area contributed by atoms with Gasteiger partial charge in [0.05, 0.1) is 11.1 Å². The molecule has 0 fully saturated rings. The standard InChI is InChI=1S/C16H13F6N/c1-23(10-11-5-3-2-4-6-11)14-8-12(15(17,18)19)7-13(9-14)16(20,21)22/h2-9H,10H2,1H3. The van der Waals surface area contributed by atoms with Crippen molar-refractivity contribution in [1.29, 1.82) is 0 Å². The Morgan fingerprint density at radius 3 is 1.70 bits per heavy atom. The van der Waals surface area contributed by atoms with E-state index in [-0.39, 0.29) is 18.3 Å². The number of hydrogen-bond acceptors (Lipinski definition) is 1. The lowest BCUT2D eigenvalue weighted by Crippen LogP contribution is -2.19. The van der Waals surface area contributed by atoms with Crippen LogP contribution in [0.1, 0.15) is 16.7 Å². The van der Waals surface area contributed by atoms with Crippen molar-refractivity contribution < 1.29 is 26.3 Å². The van der Waals surface area contributed by atoms with Gasteiger partial charge < -0.3 is 4.90 Å². The molecule has 2 aromatic carbocycles.